The molecular formula is C13H15I3N2O. The van der Waals surface area contributed by atoms with Gasteiger partial charge in [0.1, 0.15) is 5.78 Å². The van der Waals surface area contributed by atoms with Gasteiger partial charge < -0.3 is 9.69 Å². The molecule has 0 N–H and O–H groups in total. The molecule has 1 rings (SSSR count). The van der Waals surface area contributed by atoms with Crippen LogP contribution in [0.5, 0.6) is 0 Å². The molecule has 0 aliphatic carbocycles. The van der Waals surface area contributed by atoms with E-state index in [-0.39, 0.29) is 5.78 Å². The SMILES string of the molecule is CC(=O)CCc1c(I)cc(I)c(N=CN(C)C)c1I. The Labute approximate surface area is 155 Å². The van der Waals surface area contributed by atoms with Crippen LogP contribution >= 0.6 is 67.8 Å². The minimum atomic E-state index is 0.225. The highest BCUT2D eigenvalue weighted by atomic mass is 127. The summed E-state index contributed by atoms with van der Waals surface area (Å²) in [6.45, 7) is 1.64. The molecule has 0 radical (unpaired) electrons. The minimum absolute atomic E-state index is 0.225. The zero-order valence-electron chi connectivity index (χ0n) is 11.0. The van der Waals surface area contributed by atoms with Gasteiger partial charge in [-0.1, -0.05) is 0 Å². The predicted molar refractivity (Wildman–Crippen MR) is 105 cm³/mol. The number of benzene rings is 1. The molecule has 1 aromatic carbocycles. The van der Waals surface area contributed by atoms with E-state index >= 15 is 0 Å². The van der Waals surface area contributed by atoms with Crippen molar-refractivity contribution < 1.29 is 4.79 Å². The summed E-state index contributed by atoms with van der Waals surface area (Å²) >= 11 is 6.97. The predicted octanol–water partition coefficient (Wildman–Crippen LogP) is 4.24. The molecule has 0 aliphatic heterocycles. The van der Waals surface area contributed by atoms with Crippen LogP contribution in [0, 0.1) is 10.7 Å². The standard InChI is InChI=1S/C13H15I3N2O/c1-8(19)4-5-9-10(14)6-11(15)13(12(9)16)17-7-18(2)3/h6-7H,4-5H2,1-3H3. The van der Waals surface area contributed by atoms with Gasteiger partial charge in [-0.25, -0.2) is 4.99 Å². The largest absolute Gasteiger partial charge is 0.369 e. The molecule has 0 amide bonds. The van der Waals surface area contributed by atoms with Gasteiger partial charge in [0.2, 0.25) is 0 Å². The second-order valence-electron chi connectivity index (χ2n) is 4.39. The third-order valence-electron chi connectivity index (χ3n) is 2.39. The maximum atomic E-state index is 11.2. The number of Topliss-reactive ketones (excluding diaryl/α,β-unsaturated/α-hetero) is 1. The summed E-state index contributed by atoms with van der Waals surface area (Å²) < 4.78 is 3.49. The summed E-state index contributed by atoms with van der Waals surface area (Å²) in [7, 11) is 3.90. The second-order valence-corrected chi connectivity index (χ2v) is 7.79. The molecule has 0 fully saturated rings. The van der Waals surface area contributed by atoms with Crippen LogP contribution in [0.15, 0.2) is 11.1 Å². The Morgan fingerprint density at radius 2 is 1.95 bits per heavy atom. The Bertz CT molecular complexity index is 513. The van der Waals surface area contributed by atoms with Crippen molar-refractivity contribution in [3.63, 3.8) is 0 Å². The fourth-order valence-electron chi connectivity index (χ4n) is 1.44. The van der Waals surface area contributed by atoms with Gasteiger partial charge in [0.25, 0.3) is 0 Å². The van der Waals surface area contributed by atoms with Crippen LogP contribution in [0.4, 0.5) is 5.69 Å². The summed E-state index contributed by atoms with van der Waals surface area (Å²) in [5, 5.41) is 0. The van der Waals surface area contributed by atoms with E-state index in [1.807, 2.05) is 19.0 Å². The van der Waals surface area contributed by atoms with Crippen LogP contribution < -0.4 is 0 Å². The number of nitrogens with zero attached hydrogens (tertiary/aromatic N) is 2. The van der Waals surface area contributed by atoms with Crippen molar-refractivity contribution in [3.05, 3.63) is 22.3 Å². The fraction of sp³-hybridized carbons (Fsp3) is 0.385. The third kappa shape index (κ3) is 5.44. The van der Waals surface area contributed by atoms with Gasteiger partial charge in [-0.15, -0.1) is 0 Å². The van der Waals surface area contributed by atoms with Crippen molar-refractivity contribution in [1.82, 2.24) is 4.90 Å². The number of hydrogen-bond acceptors (Lipinski definition) is 2. The van der Waals surface area contributed by atoms with E-state index in [1.54, 1.807) is 13.3 Å². The lowest BCUT2D eigenvalue weighted by Gasteiger charge is -2.12. The van der Waals surface area contributed by atoms with Crippen molar-refractivity contribution in [3.8, 4) is 0 Å². The molecule has 3 nitrogen and oxygen atoms in total. The first-order valence-electron chi connectivity index (χ1n) is 5.69. The van der Waals surface area contributed by atoms with Gasteiger partial charge in [0, 0.05) is 31.2 Å². The van der Waals surface area contributed by atoms with Crippen LogP contribution in [0.1, 0.15) is 18.9 Å². The zero-order chi connectivity index (χ0) is 14.6. The Morgan fingerprint density at radius 3 is 2.47 bits per heavy atom. The fourth-order valence-corrected chi connectivity index (χ4v) is 5.63. The first kappa shape index (κ1) is 17.6. The quantitative estimate of drug-likeness (QED) is 0.290. The topological polar surface area (TPSA) is 32.7 Å². The summed E-state index contributed by atoms with van der Waals surface area (Å²) in [4.78, 5) is 17.6. The third-order valence-corrected chi connectivity index (χ3v) is 5.33. The van der Waals surface area contributed by atoms with Gasteiger partial charge >= 0.3 is 0 Å². The molecule has 0 saturated heterocycles. The lowest BCUT2D eigenvalue weighted by atomic mass is 10.1. The first-order valence-corrected chi connectivity index (χ1v) is 8.93. The van der Waals surface area contributed by atoms with E-state index in [1.165, 1.54) is 9.13 Å². The highest BCUT2D eigenvalue weighted by Gasteiger charge is 2.13. The number of ketones is 1. The number of carbonyl (C=O) groups excluding carboxylic acids is 1. The van der Waals surface area contributed by atoms with Crippen LogP contribution in [0.25, 0.3) is 0 Å². The molecule has 6 heteroatoms. The van der Waals surface area contributed by atoms with Crippen LogP contribution in [0.3, 0.4) is 0 Å². The molecule has 1 aromatic rings. The normalized spacial score (nSPS) is 11.1. The lowest BCUT2D eigenvalue weighted by molar-refractivity contribution is -0.116. The molecule has 0 heterocycles. The van der Waals surface area contributed by atoms with Crippen LogP contribution in [-0.4, -0.2) is 31.1 Å². The Balaban J connectivity index is 3.18. The molecular weight excluding hydrogens is 581 g/mol. The number of rotatable bonds is 5. The van der Waals surface area contributed by atoms with Gasteiger partial charge in [-0.2, -0.15) is 0 Å². The summed E-state index contributed by atoms with van der Waals surface area (Å²) in [5.41, 5.74) is 2.22. The van der Waals surface area contributed by atoms with Crippen molar-refractivity contribution >= 4 is 85.6 Å². The smallest absolute Gasteiger partial charge is 0.130 e. The van der Waals surface area contributed by atoms with Crippen molar-refractivity contribution in [2.24, 2.45) is 4.99 Å². The van der Waals surface area contributed by atoms with Gasteiger partial charge in [-0.05, 0) is 92.7 Å². The van der Waals surface area contributed by atoms with Crippen LogP contribution in [-0.2, 0) is 11.2 Å². The molecule has 0 spiro atoms. The molecule has 104 valence electrons. The summed E-state index contributed by atoms with van der Waals surface area (Å²) in [6, 6.07) is 2.13. The Hall–Kier alpha value is 0.550. The molecule has 0 aromatic heterocycles. The zero-order valence-corrected chi connectivity index (χ0v) is 17.5. The molecule has 0 atom stereocenters. The average molecular weight is 596 g/mol. The van der Waals surface area contributed by atoms with Crippen molar-refractivity contribution in [1.29, 1.82) is 0 Å². The first-order chi connectivity index (χ1) is 8.82. The highest BCUT2D eigenvalue weighted by molar-refractivity contribution is 14.1. The minimum Gasteiger partial charge on any atom is -0.369 e. The Kier molecular flexibility index (Phi) is 7.51. The lowest BCUT2D eigenvalue weighted by Crippen LogP contribution is -2.07. The van der Waals surface area contributed by atoms with E-state index in [0.717, 1.165) is 19.2 Å². The van der Waals surface area contributed by atoms with Gasteiger partial charge in [0.05, 0.1) is 12.0 Å². The molecule has 19 heavy (non-hydrogen) atoms. The number of hydrogen-bond donors (Lipinski definition) is 0. The van der Waals surface area contributed by atoms with E-state index in [0.29, 0.717) is 6.42 Å². The summed E-state index contributed by atoms with van der Waals surface area (Å²) in [5.74, 6) is 0.225. The number of carbonyl (C=O) groups is 1. The van der Waals surface area contributed by atoms with E-state index in [2.05, 4.69) is 78.8 Å². The molecule has 0 unspecified atom stereocenters. The average Bonchev–Trinajstić information content (AvgIpc) is 2.27. The maximum absolute atomic E-state index is 11.2. The van der Waals surface area contributed by atoms with Gasteiger partial charge in [-0.3, -0.25) is 0 Å². The van der Waals surface area contributed by atoms with Crippen molar-refractivity contribution in [2.45, 2.75) is 19.8 Å². The second kappa shape index (κ2) is 8.11. The molecule has 0 aliphatic rings. The van der Waals surface area contributed by atoms with Crippen LogP contribution in [0.2, 0.25) is 0 Å². The molecule has 0 saturated carbocycles. The number of halogens is 3. The highest BCUT2D eigenvalue weighted by Crippen LogP contribution is 2.34. The monoisotopic (exact) mass is 596 g/mol. The van der Waals surface area contributed by atoms with E-state index < -0.39 is 0 Å². The van der Waals surface area contributed by atoms with E-state index in [9.17, 15) is 4.79 Å². The maximum Gasteiger partial charge on any atom is 0.130 e. The van der Waals surface area contributed by atoms with Gasteiger partial charge in [0.15, 0.2) is 0 Å². The molecule has 0 bridgehead atoms. The Morgan fingerprint density at radius 1 is 1.32 bits per heavy atom. The number of aliphatic imine (C=N–C) groups is 1. The van der Waals surface area contributed by atoms with E-state index in [4.69, 9.17) is 0 Å². The van der Waals surface area contributed by atoms with Crippen molar-refractivity contribution in [2.75, 3.05) is 14.1 Å². The summed E-state index contributed by atoms with van der Waals surface area (Å²) in [6.07, 6.45) is 3.18.